The predicted octanol–water partition coefficient (Wildman–Crippen LogP) is 1.72. The number of amides is 1. The summed E-state index contributed by atoms with van der Waals surface area (Å²) in [5, 5.41) is 0. The van der Waals surface area contributed by atoms with Gasteiger partial charge in [-0.25, -0.2) is 4.39 Å². The van der Waals surface area contributed by atoms with Gasteiger partial charge in [0.2, 0.25) is 5.91 Å². The molecule has 17 heavy (non-hydrogen) atoms. The van der Waals surface area contributed by atoms with Crippen LogP contribution >= 0.6 is 0 Å². The molecule has 0 aliphatic carbocycles. The van der Waals surface area contributed by atoms with E-state index in [1.807, 2.05) is 0 Å². The summed E-state index contributed by atoms with van der Waals surface area (Å²) in [6.07, 6.45) is -5.22. The van der Waals surface area contributed by atoms with E-state index in [4.69, 9.17) is 11.5 Å². The zero-order chi connectivity index (χ0) is 13.2. The van der Waals surface area contributed by atoms with E-state index in [1.165, 1.54) is 0 Å². The molecular weight excluding hydrogens is 240 g/mol. The number of alkyl halides is 3. The standard InChI is InChI=1S/C10H10F4N2O/c11-9-5(7(15)4-8(16)17)2-1-3-6(9)10(12,13)14/h1-3,7H,4,15H2,(H2,16,17). The Hall–Kier alpha value is -1.63. The average molecular weight is 250 g/mol. The van der Waals surface area contributed by atoms with E-state index in [-0.39, 0.29) is 5.56 Å². The molecule has 4 N–H and O–H groups in total. The second-order valence-electron chi connectivity index (χ2n) is 3.48. The Labute approximate surface area is 94.4 Å². The van der Waals surface area contributed by atoms with Gasteiger partial charge < -0.3 is 11.5 Å². The first-order chi connectivity index (χ1) is 7.73. The molecule has 0 aliphatic rings. The number of halogens is 4. The van der Waals surface area contributed by atoms with Crippen LogP contribution in [-0.4, -0.2) is 5.91 Å². The molecule has 1 aromatic rings. The maximum absolute atomic E-state index is 13.5. The number of hydrogen-bond acceptors (Lipinski definition) is 2. The molecule has 0 fully saturated rings. The van der Waals surface area contributed by atoms with Crippen LogP contribution in [0.5, 0.6) is 0 Å². The Morgan fingerprint density at radius 1 is 1.35 bits per heavy atom. The van der Waals surface area contributed by atoms with Crippen molar-refractivity contribution in [1.82, 2.24) is 0 Å². The third-order valence-electron chi connectivity index (χ3n) is 2.15. The van der Waals surface area contributed by atoms with E-state index >= 15 is 0 Å². The zero-order valence-corrected chi connectivity index (χ0v) is 8.59. The van der Waals surface area contributed by atoms with Gasteiger partial charge in [-0.05, 0) is 6.07 Å². The van der Waals surface area contributed by atoms with E-state index in [0.29, 0.717) is 6.07 Å². The Morgan fingerprint density at radius 3 is 2.41 bits per heavy atom. The van der Waals surface area contributed by atoms with Crippen molar-refractivity contribution >= 4 is 5.91 Å². The molecule has 0 bridgehead atoms. The summed E-state index contributed by atoms with van der Waals surface area (Å²) >= 11 is 0. The van der Waals surface area contributed by atoms with Crippen LogP contribution in [-0.2, 0) is 11.0 Å². The second kappa shape index (κ2) is 4.70. The van der Waals surface area contributed by atoms with E-state index in [0.717, 1.165) is 12.1 Å². The van der Waals surface area contributed by atoms with Crippen LogP contribution in [0.25, 0.3) is 0 Å². The Kier molecular flexibility index (Phi) is 3.72. The molecule has 0 saturated heterocycles. The molecule has 94 valence electrons. The fourth-order valence-electron chi connectivity index (χ4n) is 1.38. The monoisotopic (exact) mass is 250 g/mol. The van der Waals surface area contributed by atoms with Crippen molar-refractivity contribution in [3.63, 3.8) is 0 Å². The molecule has 0 aliphatic heterocycles. The third-order valence-corrected chi connectivity index (χ3v) is 2.15. The number of rotatable bonds is 3. The van der Waals surface area contributed by atoms with Crippen molar-refractivity contribution in [2.45, 2.75) is 18.6 Å². The largest absolute Gasteiger partial charge is 0.419 e. The number of carbonyl (C=O) groups is 1. The smallest absolute Gasteiger partial charge is 0.370 e. The Bertz CT molecular complexity index is 431. The van der Waals surface area contributed by atoms with Crippen LogP contribution in [0.1, 0.15) is 23.6 Å². The van der Waals surface area contributed by atoms with Gasteiger partial charge in [-0.1, -0.05) is 12.1 Å². The molecule has 1 amide bonds. The minimum absolute atomic E-state index is 0.376. The number of carbonyl (C=O) groups excluding carboxylic acids is 1. The number of primary amides is 1. The van der Waals surface area contributed by atoms with Crippen molar-refractivity contribution < 1.29 is 22.4 Å². The molecule has 1 rings (SSSR count). The number of hydrogen-bond donors (Lipinski definition) is 2. The molecule has 1 aromatic carbocycles. The molecule has 1 atom stereocenters. The highest BCUT2D eigenvalue weighted by Crippen LogP contribution is 2.33. The van der Waals surface area contributed by atoms with Gasteiger partial charge in [0.15, 0.2) is 0 Å². The molecule has 3 nitrogen and oxygen atoms in total. The Balaban J connectivity index is 3.15. The molecule has 0 heterocycles. The van der Waals surface area contributed by atoms with Crippen molar-refractivity contribution in [2.24, 2.45) is 11.5 Å². The van der Waals surface area contributed by atoms with Crippen LogP contribution in [0, 0.1) is 5.82 Å². The van der Waals surface area contributed by atoms with Gasteiger partial charge >= 0.3 is 6.18 Å². The lowest BCUT2D eigenvalue weighted by Gasteiger charge is -2.15. The van der Waals surface area contributed by atoms with Crippen LogP contribution in [0.2, 0.25) is 0 Å². The van der Waals surface area contributed by atoms with E-state index < -0.39 is 35.9 Å². The topological polar surface area (TPSA) is 69.1 Å². The summed E-state index contributed by atoms with van der Waals surface area (Å²) in [4.78, 5) is 10.6. The van der Waals surface area contributed by atoms with Crippen LogP contribution in [0.3, 0.4) is 0 Å². The summed E-state index contributed by atoms with van der Waals surface area (Å²) in [6, 6.07) is 1.55. The average Bonchev–Trinajstić information content (AvgIpc) is 2.14. The summed E-state index contributed by atoms with van der Waals surface area (Å²) in [5.74, 6) is -2.27. The third kappa shape index (κ3) is 3.16. The SMILES string of the molecule is NC(=O)CC(N)c1cccc(C(F)(F)F)c1F. The lowest BCUT2D eigenvalue weighted by molar-refractivity contribution is -0.140. The quantitative estimate of drug-likeness (QED) is 0.802. The lowest BCUT2D eigenvalue weighted by atomic mass is 10.0. The van der Waals surface area contributed by atoms with Crippen molar-refractivity contribution in [1.29, 1.82) is 0 Å². The van der Waals surface area contributed by atoms with Crippen molar-refractivity contribution in [2.75, 3.05) is 0 Å². The molecule has 7 heteroatoms. The van der Waals surface area contributed by atoms with E-state index in [2.05, 4.69) is 0 Å². The normalized spacial score (nSPS) is 13.5. The van der Waals surface area contributed by atoms with E-state index in [9.17, 15) is 22.4 Å². The fourth-order valence-corrected chi connectivity index (χ4v) is 1.38. The lowest BCUT2D eigenvalue weighted by Crippen LogP contribution is -2.22. The molecule has 0 saturated carbocycles. The van der Waals surface area contributed by atoms with Crippen molar-refractivity contribution in [3.05, 3.63) is 35.1 Å². The summed E-state index contributed by atoms with van der Waals surface area (Å²) in [7, 11) is 0. The predicted molar refractivity (Wildman–Crippen MR) is 52.1 cm³/mol. The molecule has 1 unspecified atom stereocenters. The van der Waals surface area contributed by atoms with Crippen LogP contribution in [0.4, 0.5) is 17.6 Å². The molecular formula is C10H10F4N2O. The maximum atomic E-state index is 13.5. The van der Waals surface area contributed by atoms with Gasteiger partial charge in [0.05, 0.1) is 5.56 Å². The minimum atomic E-state index is -4.80. The van der Waals surface area contributed by atoms with Crippen LogP contribution < -0.4 is 11.5 Å². The summed E-state index contributed by atoms with van der Waals surface area (Å²) in [5.41, 5.74) is 8.46. The zero-order valence-electron chi connectivity index (χ0n) is 8.59. The van der Waals surface area contributed by atoms with Gasteiger partial charge in [-0.15, -0.1) is 0 Å². The van der Waals surface area contributed by atoms with Gasteiger partial charge in [0.25, 0.3) is 0 Å². The fraction of sp³-hybridized carbons (Fsp3) is 0.300. The van der Waals surface area contributed by atoms with Gasteiger partial charge in [-0.2, -0.15) is 13.2 Å². The minimum Gasteiger partial charge on any atom is -0.370 e. The summed E-state index contributed by atoms with van der Waals surface area (Å²) in [6.45, 7) is 0. The maximum Gasteiger partial charge on any atom is 0.419 e. The number of nitrogens with two attached hydrogens (primary N) is 2. The van der Waals surface area contributed by atoms with Crippen LogP contribution in [0.15, 0.2) is 18.2 Å². The van der Waals surface area contributed by atoms with E-state index in [1.54, 1.807) is 0 Å². The Morgan fingerprint density at radius 2 is 1.94 bits per heavy atom. The highest BCUT2D eigenvalue weighted by Gasteiger charge is 2.35. The van der Waals surface area contributed by atoms with Gasteiger partial charge in [0, 0.05) is 18.0 Å². The molecule has 0 radical (unpaired) electrons. The molecule has 0 spiro atoms. The van der Waals surface area contributed by atoms with Gasteiger partial charge in [0.1, 0.15) is 5.82 Å². The highest BCUT2D eigenvalue weighted by atomic mass is 19.4. The van der Waals surface area contributed by atoms with Gasteiger partial charge in [-0.3, -0.25) is 4.79 Å². The highest BCUT2D eigenvalue weighted by molar-refractivity contribution is 5.74. The summed E-state index contributed by atoms with van der Waals surface area (Å²) < 4.78 is 50.7. The van der Waals surface area contributed by atoms with Crippen molar-refractivity contribution in [3.8, 4) is 0 Å². The molecule has 0 aromatic heterocycles. The second-order valence-corrected chi connectivity index (χ2v) is 3.48. The first kappa shape index (κ1) is 13.4. The number of benzene rings is 1. The first-order valence-corrected chi connectivity index (χ1v) is 4.63. The first-order valence-electron chi connectivity index (χ1n) is 4.63.